The summed E-state index contributed by atoms with van der Waals surface area (Å²) in [5.41, 5.74) is -0.475. The summed E-state index contributed by atoms with van der Waals surface area (Å²) in [5.74, 6) is -0.114. The Bertz CT molecular complexity index is 747. The van der Waals surface area contributed by atoms with Gasteiger partial charge in [0.1, 0.15) is 0 Å². The van der Waals surface area contributed by atoms with E-state index in [4.69, 9.17) is 0 Å². The van der Waals surface area contributed by atoms with E-state index < -0.39 is 22.3 Å². The Kier molecular flexibility index (Phi) is 5.27. The van der Waals surface area contributed by atoms with E-state index in [0.717, 1.165) is 4.57 Å². The zero-order valence-corrected chi connectivity index (χ0v) is 13.6. The van der Waals surface area contributed by atoms with Crippen molar-refractivity contribution in [2.45, 2.75) is 6.54 Å². The quantitative estimate of drug-likeness (QED) is 0.418. The molecule has 0 bridgehead atoms. The zero-order valence-electron chi connectivity index (χ0n) is 10.8. The van der Waals surface area contributed by atoms with Crippen LogP contribution in [0.1, 0.15) is 0 Å². The van der Waals surface area contributed by atoms with Crippen LogP contribution < -0.4 is 40.8 Å². The molecule has 0 amide bonds. The minimum Gasteiger partial charge on any atom is -0.772 e. The zero-order chi connectivity index (χ0) is 13.4. The molecule has 2 aromatic heterocycles. The van der Waals surface area contributed by atoms with Gasteiger partial charge in [0.25, 0.3) is 5.56 Å². The molecule has 2 aromatic rings. The summed E-state index contributed by atoms with van der Waals surface area (Å²) in [6.07, 6.45) is 1.36. The van der Waals surface area contributed by atoms with Crippen molar-refractivity contribution in [1.82, 2.24) is 18.7 Å². The fourth-order valence-corrected chi connectivity index (χ4v) is 2.09. The van der Waals surface area contributed by atoms with E-state index in [1.807, 2.05) is 0 Å². The van der Waals surface area contributed by atoms with Gasteiger partial charge in [0.15, 0.2) is 11.2 Å². The van der Waals surface area contributed by atoms with E-state index in [0.29, 0.717) is 0 Å². The van der Waals surface area contributed by atoms with Gasteiger partial charge >= 0.3 is 35.2 Å². The molecule has 98 valence electrons. The first-order valence-electron chi connectivity index (χ1n) is 5.10. The summed E-state index contributed by atoms with van der Waals surface area (Å²) in [6, 6.07) is 0. The van der Waals surface area contributed by atoms with Gasteiger partial charge in [-0.25, -0.2) is 9.78 Å². The Morgan fingerprint density at radius 3 is 2.53 bits per heavy atom. The van der Waals surface area contributed by atoms with Crippen LogP contribution in [0.3, 0.4) is 0 Å². The van der Waals surface area contributed by atoms with Crippen molar-refractivity contribution < 1.29 is 38.3 Å². The van der Waals surface area contributed by atoms with Crippen LogP contribution in [0.2, 0.25) is 0 Å². The van der Waals surface area contributed by atoms with Crippen LogP contribution in [0.4, 0.5) is 0 Å². The van der Waals surface area contributed by atoms with Crippen LogP contribution in [0, 0.1) is 0 Å². The predicted molar refractivity (Wildman–Crippen MR) is 64.0 cm³/mol. The molecule has 0 fully saturated rings. The maximum atomic E-state index is 12.0. The first-order chi connectivity index (χ1) is 8.43. The molecule has 0 spiro atoms. The molecule has 10 heteroatoms. The van der Waals surface area contributed by atoms with E-state index in [1.54, 1.807) is 0 Å². The number of rotatable bonds is 3. The molecule has 0 aliphatic rings. The molecule has 0 radical (unpaired) electrons. The summed E-state index contributed by atoms with van der Waals surface area (Å²) >= 11 is -2.19. The smallest absolute Gasteiger partial charge is 0.772 e. The average Bonchev–Trinajstić information content (AvgIpc) is 2.75. The van der Waals surface area contributed by atoms with Crippen molar-refractivity contribution in [1.29, 1.82) is 0 Å². The number of aromatic nitrogens is 4. The average molecular weight is 294 g/mol. The second-order valence-electron chi connectivity index (χ2n) is 3.82. The van der Waals surface area contributed by atoms with E-state index >= 15 is 0 Å². The molecule has 2 rings (SSSR count). The summed E-state index contributed by atoms with van der Waals surface area (Å²) in [4.78, 5) is 27.6. The normalized spacial score (nSPS) is 12.4. The van der Waals surface area contributed by atoms with Gasteiger partial charge < -0.3 is 9.12 Å². The summed E-state index contributed by atoms with van der Waals surface area (Å²) in [7, 11) is 2.88. The van der Waals surface area contributed by atoms with E-state index in [1.165, 1.54) is 29.6 Å². The monoisotopic (exact) mass is 294 g/mol. The number of fused-ring (bicyclic) bond motifs is 1. The Morgan fingerprint density at radius 1 is 1.32 bits per heavy atom. The summed E-state index contributed by atoms with van der Waals surface area (Å²) < 4.78 is 24.7. The molecule has 0 aliphatic carbocycles. The fourth-order valence-electron chi connectivity index (χ4n) is 1.74. The van der Waals surface area contributed by atoms with Crippen molar-refractivity contribution in [2.75, 3.05) is 5.75 Å². The third kappa shape index (κ3) is 2.90. The molecule has 0 saturated heterocycles. The van der Waals surface area contributed by atoms with Crippen LogP contribution in [0.5, 0.6) is 0 Å². The molecule has 0 aromatic carbocycles. The minimum absolute atomic E-state index is 0. The number of imidazole rings is 1. The van der Waals surface area contributed by atoms with Gasteiger partial charge in [-0.05, 0) is 0 Å². The maximum Gasteiger partial charge on any atom is 1.00 e. The van der Waals surface area contributed by atoms with Crippen LogP contribution >= 0.6 is 0 Å². The van der Waals surface area contributed by atoms with Crippen molar-refractivity contribution in [2.24, 2.45) is 14.1 Å². The largest absolute Gasteiger partial charge is 1.00 e. The first-order valence-corrected chi connectivity index (χ1v) is 6.34. The predicted octanol–water partition coefficient (Wildman–Crippen LogP) is -4.68. The van der Waals surface area contributed by atoms with E-state index in [9.17, 15) is 18.4 Å². The Balaban J connectivity index is 0.00000180. The molecule has 19 heavy (non-hydrogen) atoms. The molecular formula is C9H11N4NaO4S. The van der Waals surface area contributed by atoms with Crippen molar-refractivity contribution in [3.8, 4) is 0 Å². The maximum absolute atomic E-state index is 12.0. The van der Waals surface area contributed by atoms with Crippen LogP contribution in [-0.4, -0.2) is 33.2 Å². The fraction of sp³-hybridized carbons (Fsp3) is 0.444. The van der Waals surface area contributed by atoms with Gasteiger partial charge in [0, 0.05) is 26.4 Å². The number of nitrogens with zero attached hydrogens (tertiary/aromatic N) is 4. The summed E-state index contributed by atoms with van der Waals surface area (Å²) in [6.45, 7) is 0.125. The number of hydrogen-bond acceptors (Lipinski definition) is 5. The van der Waals surface area contributed by atoms with Crippen LogP contribution in [0.25, 0.3) is 11.2 Å². The molecule has 0 N–H and O–H groups in total. The topological polar surface area (TPSA) is 102 Å². The van der Waals surface area contributed by atoms with E-state index in [2.05, 4.69) is 4.98 Å². The molecular weight excluding hydrogens is 283 g/mol. The first kappa shape index (κ1) is 16.3. The van der Waals surface area contributed by atoms with Crippen molar-refractivity contribution >= 4 is 22.2 Å². The third-order valence-electron chi connectivity index (χ3n) is 2.72. The second-order valence-corrected chi connectivity index (χ2v) is 4.84. The molecule has 8 nitrogen and oxygen atoms in total. The Morgan fingerprint density at radius 2 is 1.95 bits per heavy atom. The van der Waals surface area contributed by atoms with Gasteiger partial charge in [0.2, 0.25) is 0 Å². The second kappa shape index (κ2) is 6.14. The number of hydrogen-bond donors (Lipinski definition) is 0. The number of aryl methyl sites for hydroxylation is 2. The van der Waals surface area contributed by atoms with Gasteiger partial charge in [0.05, 0.1) is 6.33 Å². The molecule has 0 aliphatic heterocycles. The molecule has 2 heterocycles. The summed E-state index contributed by atoms with van der Waals surface area (Å²) in [5, 5.41) is 0. The molecule has 1 unspecified atom stereocenters. The van der Waals surface area contributed by atoms with Crippen LogP contribution in [0.15, 0.2) is 15.9 Å². The van der Waals surface area contributed by atoms with Crippen LogP contribution in [-0.2, 0) is 31.7 Å². The van der Waals surface area contributed by atoms with E-state index in [-0.39, 0.29) is 53.0 Å². The van der Waals surface area contributed by atoms with Gasteiger partial charge in [-0.1, -0.05) is 11.1 Å². The van der Waals surface area contributed by atoms with Gasteiger partial charge in [-0.2, -0.15) is 0 Å². The van der Waals surface area contributed by atoms with Gasteiger partial charge in [-0.3, -0.25) is 18.1 Å². The third-order valence-corrected chi connectivity index (χ3v) is 3.23. The standard InChI is InChI=1S/C9H12N4O4S.Na/c1-11-7-6(8(14)12(2)9(11)15)13(5-10-7)3-4-18(16)17;/h5H,3-4H2,1-2H3,(H,16,17);/q;+1/p-1. The van der Waals surface area contributed by atoms with Gasteiger partial charge in [-0.15, -0.1) is 0 Å². The Hall–Kier alpha value is -0.740. The molecule has 0 saturated carbocycles. The molecule has 1 atom stereocenters. The minimum atomic E-state index is -2.19. The van der Waals surface area contributed by atoms with Crippen molar-refractivity contribution in [3.63, 3.8) is 0 Å². The Labute approximate surface area is 132 Å². The van der Waals surface area contributed by atoms with Crippen molar-refractivity contribution in [3.05, 3.63) is 27.2 Å². The SMILES string of the molecule is Cn1c(=O)c2c(ncn2CCS(=O)[O-])n(C)c1=O.[Na+].